The third kappa shape index (κ3) is 6.68. The number of hydrogen-bond acceptors (Lipinski definition) is 4. The minimum atomic E-state index is -0.00360. The highest BCUT2D eigenvalue weighted by molar-refractivity contribution is 5.75. The highest BCUT2D eigenvalue weighted by Crippen LogP contribution is 2.03. The Bertz CT molecular complexity index is 410. The van der Waals surface area contributed by atoms with Crippen LogP contribution >= 0.6 is 0 Å². The van der Waals surface area contributed by atoms with Crippen molar-refractivity contribution in [1.82, 2.24) is 20.2 Å². The predicted molar refractivity (Wildman–Crippen MR) is 78.3 cm³/mol. The molecule has 1 heterocycles. The maximum atomic E-state index is 11.8. The number of aromatic nitrogens is 2. The molecule has 0 bridgehead atoms. The fourth-order valence-corrected chi connectivity index (χ4v) is 1.65. The van der Waals surface area contributed by atoms with Crippen molar-refractivity contribution in [2.75, 3.05) is 20.3 Å². The number of hydrogen-bond donors (Lipinski definition) is 2. The molecule has 114 valence electrons. The van der Waals surface area contributed by atoms with Gasteiger partial charge >= 0.3 is 0 Å². The van der Waals surface area contributed by atoms with Crippen molar-refractivity contribution < 1.29 is 9.53 Å². The maximum Gasteiger partial charge on any atom is 0.239 e. The van der Waals surface area contributed by atoms with E-state index in [-0.39, 0.29) is 11.4 Å². The first-order chi connectivity index (χ1) is 9.42. The van der Waals surface area contributed by atoms with E-state index in [0.29, 0.717) is 26.2 Å². The van der Waals surface area contributed by atoms with Crippen LogP contribution in [0.15, 0.2) is 12.4 Å². The van der Waals surface area contributed by atoms with Crippen LogP contribution in [0.5, 0.6) is 0 Å². The Morgan fingerprint density at radius 3 is 2.85 bits per heavy atom. The summed E-state index contributed by atoms with van der Waals surface area (Å²) in [7, 11) is 1.65. The van der Waals surface area contributed by atoms with Crippen molar-refractivity contribution in [3.05, 3.63) is 18.2 Å². The van der Waals surface area contributed by atoms with E-state index < -0.39 is 0 Å². The van der Waals surface area contributed by atoms with Gasteiger partial charge in [-0.05, 0) is 27.2 Å². The lowest BCUT2D eigenvalue weighted by Gasteiger charge is -2.20. The van der Waals surface area contributed by atoms with E-state index in [9.17, 15) is 4.79 Å². The third-order valence-corrected chi connectivity index (χ3v) is 2.74. The van der Waals surface area contributed by atoms with Crippen molar-refractivity contribution in [3.63, 3.8) is 0 Å². The lowest BCUT2D eigenvalue weighted by atomic mass is 10.1. The summed E-state index contributed by atoms with van der Waals surface area (Å²) in [6.07, 6.45) is 4.37. The molecule has 20 heavy (non-hydrogen) atoms. The van der Waals surface area contributed by atoms with Gasteiger partial charge in [-0.2, -0.15) is 0 Å². The Hall–Kier alpha value is -1.40. The second-order valence-corrected chi connectivity index (χ2v) is 5.77. The van der Waals surface area contributed by atoms with Gasteiger partial charge in [-0.3, -0.25) is 4.79 Å². The first-order valence-electron chi connectivity index (χ1n) is 6.93. The average Bonchev–Trinajstić information content (AvgIpc) is 2.79. The fourth-order valence-electron chi connectivity index (χ4n) is 1.65. The summed E-state index contributed by atoms with van der Waals surface area (Å²) in [5, 5.41) is 6.23. The van der Waals surface area contributed by atoms with Crippen LogP contribution in [0.25, 0.3) is 0 Å². The van der Waals surface area contributed by atoms with Crippen molar-refractivity contribution in [2.45, 2.75) is 45.8 Å². The third-order valence-electron chi connectivity index (χ3n) is 2.74. The molecule has 0 radical (unpaired) electrons. The molecule has 0 saturated heterocycles. The van der Waals surface area contributed by atoms with Crippen LogP contribution in [0, 0.1) is 0 Å². The van der Waals surface area contributed by atoms with Crippen LogP contribution in [0.1, 0.15) is 33.0 Å². The molecule has 1 rings (SSSR count). The number of amides is 1. The molecule has 0 unspecified atom stereocenters. The van der Waals surface area contributed by atoms with Crippen LogP contribution in [-0.4, -0.2) is 41.3 Å². The lowest BCUT2D eigenvalue weighted by molar-refractivity contribution is -0.121. The summed E-state index contributed by atoms with van der Waals surface area (Å²) >= 11 is 0. The maximum absolute atomic E-state index is 11.8. The highest BCUT2D eigenvalue weighted by Gasteiger charge is 2.12. The monoisotopic (exact) mass is 282 g/mol. The first kappa shape index (κ1) is 16.7. The number of nitrogens with zero attached hydrogens (tertiary/aromatic N) is 2. The number of imidazole rings is 1. The van der Waals surface area contributed by atoms with E-state index in [2.05, 4.69) is 36.4 Å². The normalized spacial score (nSPS) is 11.6. The smallest absolute Gasteiger partial charge is 0.239 e. The summed E-state index contributed by atoms with van der Waals surface area (Å²) in [6, 6.07) is 0. The van der Waals surface area contributed by atoms with E-state index >= 15 is 0 Å². The van der Waals surface area contributed by atoms with Crippen LogP contribution in [0.4, 0.5) is 0 Å². The number of methoxy groups -OCH3 is 1. The standard InChI is InChI=1S/C14H26N4O2/c1-14(2,3)17-10-12-15-7-8-18(12)11-13(19)16-6-5-9-20-4/h7-8,17H,5-6,9-11H2,1-4H3,(H,16,19). The molecule has 0 aliphatic rings. The number of carbonyl (C=O) groups is 1. The van der Waals surface area contributed by atoms with E-state index in [1.807, 2.05) is 10.8 Å². The summed E-state index contributed by atoms with van der Waals surface area (Å²) in [5.74, 6) is 0.864. The van der Waals surface area contributed by atoms with Crippen molar-refractivity contribution >= 4 is 5.91 Å². The lowest BCUT2D eigenvalue weighted by Crippen LogP contribution is -2.36. The zero-order valence-electron chi connectivity index (χ0n) is 12.9. The molecular formula is C14H26N4O2. The minimum absolute atomic E-state index is 0.00360. The second-order valence-electron chi connectivity index (χ2n) is 5.77. The van der Waals surface area contributed by atoms with Crippen molar-refractivity contribution in [2.24, 2.45) is 0 Å². The largest absolute Gasteiger partial charge is 0.385 e. The number of nitrogens with one attached hydrogen (secondary N) is 2. The number of carbonyl (C=O) groups excluding carboxylic acids is 1. The second kappa shape index (κ2) is 8.01. The Balaban J connectivity index is 2.40. The highest BCUT2D eigenvalue weighted by atomic mass is 16.5. The van der Waals surface area contributed by atoms with Gasteiger partial charge in [0.2, 0.25) is 5.91 Å². The molecule has 0 aliphatic carbocycles. The van der Waals surface area contributed by atoms with Crippen LogP contribution in [-0.2, 0) is 22.6 Å². The van der Waals surface area contributed by atoms with Gasteiger partial charge in [-0.15, -0.1) is 0 Å². The van der Waals surface area contributed by atoms with E-state index in [1.165, 1.54) is 0 Å². The molecule has 0 spiro atoms. The summed E-state index contributed by atoms with van der Waals surface area (Å²) in [6.45, 7) is 8.54. The SMILES string of the molecule is COCCCNC(=O)Cn1ccnc1CNC(C)(C)C. The quantitative estimate of drug-likeness (QED) is 0.696. The topological polar surface area (TPSA) is 68.2 Å². The van der Waals surface area contributed by atoms with Gasteiger partial charge in [-0.25, -0.2) is 4.98 Å². The van der Waals surface area contributed by atoms with Crippen LogP contribution in [0.2, 0.25) is 0 Å². The molecular weight excluding hydrogens is 256 g/mol. The first-order valence-corrected chi connectivity index (χ1v) is 6.93. The van der Waals surface area contributed by atoms with E-state index in [0.717, 1.165) is 12.2 Å². The van der Waals surface area contributed by atoms with Crippen LogP contribution < -0.4 is 10.6 Å². The number of rotatable bonds is 8. The molecule has 2 N–H and O–H groups in total. The zero-order chi connectivity index (χ0) is 15.0. The fraction of sp³-hybridized carbons (Fsp3) is 0.714. The minimum Gasteiger partial charge on any atom is -0.385 e. The molecule has 0 aliphatic heterocycles. The Kier molecular flexibility index (Phi) is 6.67. The van der Waals surface area contributed by atoms with Gasteiger partial charge in [0, 0.05) is 38.2 Å². The molecule has 1 aromatic heterocycles. The van der Waals surface area contributed by atoms with Gasteiger partial charge in [-0.1, -0.05) is 0 Å². The Morgan fingerprint density at radius 2 is 2.20 bits per heavy atom. The average molecular weight is 282 g/mol. The molecule has 1 aromatic rings. The number of ether oxygens (including phenoxy) is 1. The molecule has 6 heteroatoms. The molecule has 0 saturated carbocycles. The van der Waals surface area contributed by atoms with Gasteiger partial charge < -0.3 is 19.9 Å². The Morgan fingerprint density at radius 1 is 1.45 bits per heavy atom. The summed E-state index contributed by atoms with van der Waals surface area (Å²) < 4.78 is 6.80. The van der Waals surface area contributed by atoms with Crippen LogP contribution in [0.3, 0.4) is 0 Å². The van der Waals surface area contributed by atoms with Gasteiger partial charge in [0.25, 0.3) is 0 Å². The molecule has 1 amide bonds. The van der Waals surface area contributed by atoms with E-state index in [4.69, 9.17) is 4.74 Å². The van der Waals surface area contributed by atoms with Gasteiger partial charge in [0.1, 0.15) is 12.4 Å². The van der Waals surface area contributed by atoms with Crippen molar-refractivity contribution in [3.8, 4) is 0 Å². The molecule has 0 aromatic carbocycles. The Labute approximate surface area is 120 Å². The van der Waals surface area contributed by atoms with E-state index in [1.54, 1.807) is 13.3 Å². The summed E-state index contributed by atoms with van der Waals surface area (Å²) in [5.41, 5.74) is 0.0270. The summed E-state index contributed by atoms with van der Waals surface area (Å²) in [4.78, 5) is 16.1. The van der Waals surface area contributed by atoms with Crippen molar-refractivity contribution in [1.29, 1.82) is 0 Å². The zero-order valence-corrected chi connectivity index (χ0v) is 12.9. The predicted octanol–water partition coefficient (Wildman–Crippen LogP) is 0.924. The van der Waals surface area contributed by atoms with Gasteiger partial charge in [0.05, 0.1) is 6.54 Å². The molecule has 0 atom stereocenters. The molecule has 6 nitrogen and oxygen atoms in total. The van der Waals surface area contributed by atoms with Gasteiger partial charge in [0.15, 0.2) is 0 Å². The molecule has 0 fully saturated rings.